The summed E-state index contributed by atoms with van der Waals surface area (Å²) in [6.45, 7) is 11.0. The minimum Gasteiger partial charge on any atom is -0.540 e. The third kappa shape index (κ3) is 4.46. The Kier molecular flexibility index (Phi) is 6.29. The monoisotopic (exact) mass is 489 g/mol. The van der Waals surface area contributed by atoms with Gasteiger partial charge in [0.1, 0.15) is 12.2 Å². The Morgan fingerprint density at radius 1 is 1.12 bits per heavy atom. The van der Waals surface area contributed by atoms with Gasteiger partial charge in [-0.1, -0.05) is 6.92 Å². The zero-order valence-electron chi connectivity index (χ0n) is 20.9. The van der Waals surface area contributed by atoms with E-state index in [1.807, 2.05) is 25.7 Å². The maximum atomic E-state index is 11.9. The molecule has 3 aliphatic rings. The van der Waals surface area contributed by atoms with Crippen molar-refractivity contribution in [2.75, 3.05) is 0 Å². The van der Waals surface area contributed by atoms with Crippen LogP contribution in [0.4, 0.5) is 5.69 Å². The van der Waals surface area contributed by atoms with Crippen LogP contribution in [0.2, 0.25) is 19.6 Å². The van der Waals surface area contributed by atoms with Crippen molar-refractivity contribution in [3.05, 3.63) is 33.4 Å². The van der Waals surface area contributed by atoms with E-state index in [2.05, 4.69) is 6.92 Å². The largest absolute Gasteiger partial charge is 0.540 e. The van der Waals surface area contributed by atoms with E-state index in [0.717, 1.165) is 36.8 Å². The van der Waals surface area contributed by atoms with Crippen molar-refractivity contribution in [2.45, 2.75) is 90.6 Å². The number of rotatable bonds is 5. The molecule has 186 valence electrons. The molecule has 0 heterocycles. The van der Waals surface area contributed by atoms with Crippen LogP contribution in [-0.4, -0.2) is 37.4 Å². The number of carbonyl (C=O) groups excluding carboxylic acids is 2. The molecule has 0 aromatic heterocycles. The van der Waals surface area contributed by atoms with Gasteiger partial charge in [-0.15, -0.1) is 0 Å². The number of nitro benzene ring substituents is 1. The van der Waals surface area contributed by atoms with E-state index >= 15 is 0 Å². The highest BCUT2D eigenvalue weighted by Gasteiger charge is 2.61. The molecule has 6 atom stereocenters. The normalized spacial score (nSPS) is 32.1. The standard InChI is InChI=1S/C25H35NO7Si/c1-14(27)31-23-13-20-18-8-7-16-11-22(33-34(4,5)6)21(26(29)30)12-19(16)17(18)9-10-25(20,3)24(23)32-15(2)28/h11-12,17-18,20,23-24H,7-10,13H2,1-6H3. The smallest absolute Gasteiger partial charge is 0.309 e. The van der Waals surface area contributed by atoms with Gasteiger partial charge in [0.25, 0.3) is 0 Å². The summed E-state index contributed by atoms with van der Waals surface area (Å²) in [5, 5.41) is 11.9. The molecule has 0 amide bonds. The fourth-order valence-electron chi connectivity index (χ4n) is 6.80. The molecule has 0 N–H and O–H groups in total. The summed E-state index contributed by atoms with van der Waals surface area (Å²) in [4.78, 5) is 35.3. The van der Waals surface area contributed by atoms with Crippen molar-refractivity contribution in [1.82, 2.24) is 0 Å². The number of benzene rings is 1. The molecule has 0 saturated heterocycles. The molecule has 9 heteroatoms. The van der Waals surface area contributed by atoms with Gasteiger partial charge >= 0.3 is 17.6 Å². The predicted molar refractivity (Wildman–Crippen MR) is 128 cm³/mol. The van der Waals surface area contributed by atoms with Gasteiger partial charge in [0.05, 0.1) is 4.92 Å². The Bertz CT molecular complexity index is 1020. The number of ether oxygens (including phenoxy) is 2. The van der Waals surface area contributed by atoms with Gasteiger partial charge in [0.2, 0.25) is 8.32 Å². The summed E-state index contributed by atoms with van der Waals surface area (Å²) in [6, 6.07) is 3.64. The second-order valence-electron chi connectivity index (χ2n) is 11.4. The summed E-state index contributed by atoms with van der Waals surface area (Å²) >= 11 is 0. The molecule has 0 aliphatic heterocycles. The third-order valence-electron chi connectivity index (χ3n) is 7.94. The molecule has 2 fully saturated rings. The van der Waals surface area contributed by atoms with Crippen molar-refractivity contribution in [1.29, 1.82) is 0 Å². The maximum Gasteiger partial charge on any atom is 0.309 e. The van der Waals surface area contributed by atoms with E-state index in [1.54, 1.807) is 6.07 Å². The van der Waals surface area contributed by atoms with Gasteiger partial charge in [-0.3, -0.25) is 19.7 Å². The van der Waals surface area contributed by atoms with Crippen molar-refractivity contribution >= 4 is 25.9 Å². The lowest BCUT2D eigenvalue weighted by Gasteiger charge is -2.50. The molecular weight excluding hydrogens is 454 g/mol. The molecule has 3 aliphatic carbocycles. The van der Waals surface area contributed by atoms with Crippen LogP contribution < -0.4 is 4.43 Å². The van der Waals surface area contributed by atoms with Crippen LogP contribution in [0.25, 0.3) is 0 Å². The van der Waals surface area contributed by atoms with E-state index in [4.69, 9.17) is 13.9 Å². The molecule has 1 aromatic carbocycles. The summed E-state index contributed by atoms with van der Waals surface area (Å²) in [5.41, 5.74) is 1.93. The second-order valence-corrected chi connectivity index (χ2v) is 15.8. The Balaban J connectivity index is 1.69. The molecule has 6 unspecified atom stereocenters. The van der Waals surface area contributed by atoms with Crippen molar-refractivity contribution < 1.29 is 28.4 Å². The molecule has 4 rings (SSSR count). The molecular formula is C25H35NO7Si. The lowest BCUT2D eigenvalue weighted by Crippen LogP contribution is -2.46. The molecule has 0 spiro atoms. The first kappa shape index (κ1) is 24.7. The number of nitrogens with zero attached hydrogens (tertiary/aromatic N) is 1. The van der Waals surface area contributed by atoms with Gasteiger partial charge < -0.3 is 13.9 Å². The van der Waals surface area contributed by atoms with Crippen LogP contribution in [0.5, 0.6) is 5.75 Å². The van der Waals surface area contributed by atoms with Gasteiger partial charge in [-0.05, 0) is 86.7 Å². The predicted octanol–water partition coefficient (Wildman–Crippen LogP) is 5.14. The van der Waals surface area contributed by atoms with Crippen LogP contribution in [0.15, 0.2) is 12.1 Å². The summed E-state index contributed by atoms with van der Waals surface area (Å²) < 4.78 is 17.5. The minimum absolute atomic E-state index is 0.0390. The van der Waals surface area contributed by atoms with Gasteiger partial charge in [0.15, 0.2) is 5.75 Å². The highest BCUT2D eigenvalue weighted by molar-refractivity contribution is 6.70. The van der Waals surface area contributed by atoms with Gasteiger partial charge in [-0.2, -0.15) is 0 Å². The van der Waals surface area contributed by atoms with Gasteiger partial charge in [0, 0.05) is 25.3 Å². The molecule has 0 bridgehead atoms. The lowest BCUT2D eigenvalue weighted by atomic mass is 9.55. The first-order valence-electron chi connectivity index (χ1n) is 12.1. The fourth-order valence-corrected chi connectivity index (χ4v) is 7.62. The van der Waals surface area contributed by atoms with E-state index in [1.165, 1.54) is 13.8 Å². The molecule has 1 aromatic rings. The van der Waals surface area contributed by atoms with Crippen LogP contribution in [0.1, 0.15) is 63.5 Å². The summed E-state index contributed by atoms with van der Waals surface area (Å²) in [6.07, 6.45) is 3.13. The topological polar surface area (TPSA) is 105 Å². The summed E-state index contributed by atoms with van der Waals surface area (Å²) in [7, 11) is -2.01. The number of aryl methyl sites for hydroxylation is 1. The molecule has 0 radical (unpaired) electrons. The number of hydrogen-bond acceptors (Lipinski definition) is 7. The first-order valence-corrected chi connectivity index (χ1v) is 15.6. The average molecular weight is 490 g/mol. The van der Waals surface area contributed by atoms with Crippen LogP contribution in [0.3, 0.4) is 0 Å². The van der Waals surface area contributed by atoms with Crippen molar-refractivity contribution in [3.63, 3.8) is 0 Å². The quantitative estimate of drug-likeness (QED) is 0.244. The van der Waals surface area contributed by atoms with Crippen LogP contribution in [0, 0.1) is 27.4 Å². The second kappa shape index (κ2) is 8.66. The van der Waals surface area contributed by atoms with Crippen LogP contribution >= 0.6 is 0 Å². The van der Waals surface area contributed by atoms with E-state index in [-0.39, 0.29) is 45.7 Å². The highest BCUT2D eigenvalue weighted by atomic mass is 28.4. The average Bonchev–Trinajstić information content (AvgIpc) is 2.96. The number of fused-ring (bicyclic) bond motifs is 5. The third-order valence-corrected chi connectivity index (χ3v) is 8.77. The lowest BCUT2D eigenvalue weighted by molar-refractivity contribution is -0.385. The first-order chi connectivity index (χ1) is 15.8. The summed E-state index contributed by atoms with van der Waals surface area (Å²) in [5.74, 6) is 0.313. The minimum atomic E-state index is -2.01. The van der Waals surface area contributed by atoms with Gasteiger partial charge in [-0.25, -0.2) is 0 Å². The Morgan fingerprint density at radius 3 is 2.38 bits per heavy atom. The molecule has 2 saturated carbocycles. The number of carbonyl (C=O) groups is 2. The van der Waals surface area contributed by atoms with E-state index in [0.29, 0.717) is 12.2 Å². The Hall–Kier alpha value is -2.42. The van der Waals surface area contributed by atoms with Crippen LogP contribution in [-0.2, 0) is 25.5 Å². The number of esters is 2. The molecule has 8 nitrogen and oxygen atoms in total. The number of nitro groups is 1. The van der Waals surface area contributed by atoms with E-state index in [9.17, 15) is 19.7 Å². The molecule has 34 heavy (non-hydrogen) atoms. The van der Waals surface area contributed by atoms with Crippen molar-refractivity contribution in [2.24, 2.45) is 17.3 Å². The zero-order valence-corrected chi connectivity index (χ0v) is 21.9. The fraction of sp³-hybridized carbons (Fsp3) is 0.680. The van der Waals surface area contributed by atoms with E-state index < -0.39 is 20.5 Å². The highest BCUT2D eigenvalue weighted by Crippen LogP contribution is 2.62. The maximum absolute atomic E-state index is 11.9. The Labute approximate surface area is 201 Å². The number of hydrogen-bond donors (Lipinski definition) is 0. The van der Waals surface area contributed by atoms with Crippen molar-refractivity contribution in [3.8, 4) is 5.75 Å². The zero-order chi connectivity index (χ0) is 25.0. The Morgan fingerprint density at radius 2 is 1.79 bits per heavy atom. The SMILES string of the molecule is CC(=O)OC1CC2C3CCc4cc(O[Si](C)(C)C)c([N+](=O)[O-])cc4C3CCC2(C)C1OC(C)=O.